The van der Waals surface area contributed by atoms with Crippen LogP contribution in [0.2, 0.25) is 0 Å². The molecule has 0 aliphatic carbocycles. The molecule has 0 aliphatic rings. The van der Waals surface area contributed by atoms with E-state index < -0.39 is 0 Å². The van der Waals surface area contributed by atoms with Crippen molar-refractivity contribution in [2.45, 2.75) is 60.8 Å². The topological polar surface area (TPSA) is 12.4 Å². The maximum absolute atomic E-state index is 4.78. The molecule has 0 radical (unpaired) electrons. The lowest BCUT2D eigenvalue weighted by Gasteiger charge is -2.23. The van der Waals surface area contributed by atoms with Crippen LogP contribution in [0.15, 0.2) is 28.9 Å². The van der Waals surface area contributed by atoms with Gasteiger partial charge in [-0.15, -0.1) is 0 Å². The third-order valence-corrected chi connectivity index (χ3v) is 2.59. The molecule has 0 saturated carbocycles. The average Bonchev–Trinajstić information content (AvgIpc) is 2.21. The molecule has 0 aliphatic heterocycles. The van der Waals surface area contributed by atoms with Crippen molar-refractivity contribution in [1.82, 2.24) is 0 Å². The molecule has 0 atom stereocenters. The molecule has 0 aromatic carbocycles. The fourth-order valence-electron chi connectivity index (χ4n) is 1.58. The molecule has 0 N–H and O–H groups in total. The van der Waals surface area contributed by atoms with E-state index in [1.165, 1.54) is 17.0 Å². The fourth-order valence-corrected chi connectivity index (χ4v) is 1.58. The van der Waals surface area contributed by atoms with Crippen LogP contribution in [0.5, 0.6) is 0 Å². The first-order chi connectivity index (χ1) is 7.36. The second-order valence-corrected chi connectivity index (χ2v) is 5.28. The van der Waals surface area contributed by atoms with E-state index in [4.69, 9.17) is 4.99 Å². The molecule has 0 rings (SSSR count). The average molecular weight is 221 g/mol. The molecule has 0 spiro atoms. The van der Waals surface area contributed by atoms with E-state index in [9.17, 15) is 0 Å². The van der Waals surface area contributed by atoms with Crippen molar-refractivity contribution in [1.29, 1.82) is 0 Å². The molecule has 0 unspecified atom stereocenters. The van der Waals surface area contributed by atoms with Crippen LogP contribution in [-0.2, 0) is 0 Å². The molecule has 1 nitrogen and oxygen atoms in total. The van der Waals surface area contributed by atoms with E-state index in [0.717, 1.165) is 19.3 Å². The summed E-state index contributed by atoms with van der Waals surface area (Å²) in [5.74, 6) is 0. The van der Waals surface area contributed by atoms with Crippen molar-refractivity contribution >= 4 is 5.71 Å². The summed E-state index contributed by atoms with van der Waals surface area (Å²) in [5, 5.41) is 0. The standard InChI is InChI=1S/C15H27N/c1-8-11-13(10-3)14(15(5,6)7)16-12(4)9-2/h10H,3,8-9,11H2,1-2,4-7H3/b14-13+,16-12+. The van der Waals surface area contributed by atoms with E-state index in [1.54, 1.807) is 0 Å². The van der Waals surface area contributed by atoms with Crippen molar-refractivity contribution in [2.75, 3.05) is 0 Å². The number of hydrogen-bond donors (Lipinski definition) is 0. The Labute approximate surface area is 101 Å². The van der Waals surface area contributed by atoms with Crippen LogP contribution < -0.4 is 0 Å². The summed E-state index contributed by atoms with van der Waals surface area (Å²) < 4.78 is 0. The number of nitrogens with zero attached hydrogens (tertiary/aromatic N) is 1. The highest BCUT2D eigenvalue weighted by Gasteiger charge is 2.19. The van der Waals surface area contributed by atoms with Crippen LogP contribution >= 0.6 is 0 Å². The minimum Gasteiger partial charge on any atom is -0.262 e. The van der Waals surface area contributed by atoms with Gasteiger partial charge in [-0.05, 0) is 25.3 Å². The number of aliphatic imine (C=N–C) groups is 1. The summed E-state index contributed by atoms with van der Waals surface area (Å²) in [6, 6.07) is 0. The molecule has 0 amide bonds. The van der Waals surface area contributed by atoms with Gasteiger partial charge < -0.3 is 0 Å². The Kier molecular flexibility index (Phi) is 6.32. The summed E-state index contributed by atoms with van der Waals surface area (Å²) in [6.45, 7) is 17.0. The summed E-state index contributed by atoms with van der Waals surface area (Å²) in [7, 11) is 0. The lowest BCUT2D eigenvalue weighted by Crippen LogP contribution is -2.11. The van der Waals surface area contributed by atoms with Gasteiger partial charge >= 0.3 is 0 Å². The monoisotopic (exact) mass is 221 g/mol. The van der Waals surface area contributed by atoms with Gasteiger partial charge in [0.1, 0.15) is 0 Å². The first-order valence-electron chi connectivity index (χ1n) is 6.27. The van der Waals surface area contributed by atoms with Gasteiger partial charge in [-0.1, -0.05) is 53.7 Å². The third-order valence-electron chi connectivity index (χ3n) is 2.59. The van der Waals surface area contributed by atoms with Gasteiger partial charge in [-0.3, -0.25) is 4.99 Å². The van der Waals surface area contributed by atoms with Crippen LogP contribution in [0.1, 0.15) is 60.8 Å². The maximum atomic E-state index is 4.78. The predicted molar refractivity (Wildman–Crippen MR) is 75.0 cm³/mol. The van der Waals surface area contributed by atoms with Gasteiger partial charge in [0, 0.05) is 16.8 Å². The molecule has 0 aromatic heterocycles. The largest absolute Gasteiger partial charge is 0.262 e. The SMILES string of the molecule is C=C/C(CCC)=C(\N=C(/C)CC)C(C)(C)C. The summed E-state index contributed by atoms with van der Waals surface area (Å²) in [6.07, 6.45) is 5.19. The minimum atomic E-state index is 0.0924. The molecule has 0 saturated heterocycles. The molecular weight excluding hydrogens is 194 g/mol. The zero-order valence-electron chi connectivity index (χ0n) is 11.9. The molecule has 0 fully saturated rings. The summed E-state index contributed by atoms with van der Waals surface area (Å²) >= 11 is 0. The predicted octanol–water partition coefficient (Wildman–Crippen LogP) is 5.14. The van der Waals surface area contributed by atoms with Crippen LogP contribution in [0.3, 0.4) is 0 Å². The van der Waals surface area contributed by atoms with E-state index in [-0.39, 0.29) is 5.41 Å². The number of allylic oxidation sites excluding steroid dienone is 3. The second kappa shape index (κ2) is 6.67. The Hall–Kier alpha value is -0.850. The van der Waals surface area contributed by atoms with E-state index >= 15 is 0 Å². The lowest BCUT2D eigenvalue weighted by molar-refractivity contribution is 0.491. The summed E-state index contributed by atoms with van der Waals surface area (Å²) in [4.78, 5) is 4.78. The quantitative estimate of drug-likeness (QED) is 0.450. The highest BCUT2D eigenvalue weighted by atomic mass is 14.8. The van der Waals surface area contributed by atoms with E-state index in [2.05, 4.69) is 48.1 Å². The number of rotatable bonds is 5. The molecule has 0 aromatic rings. The van der Waals surface area contributed by atoms with Crippen molar-refractivity contribution in [3.8, 4) is 0 Å². The lowest BCUT2D eigenvalue weighted by atomic mass is 9.87. The first-order valence-corrected chi connectivity index (χ1v) is 6.27. The van der Waals surface area contributed by atoms with Crippen LogP contribution in [0.4, 0.5) is 0 Å². The van der Waals surface area contributed by atoms with Crippen LogP contribution in [-0.4, -0.2) is 5.71 Å². The van der Waals surface area contributed by atoms with Gasteiger partial charge in [0.05, 0.1) is 0 Å². The molecule has 1 heteroatoms. The Balaban J connectivity index is 5.46. The molecule has 0 bridgehead atoms. The highest BCUT2D eigenvalue weighted by molar-refractivity contribution is 5.82. The molecule has 0 heterocycles. The van der Waals surface area contributed by atoms with Gasteiger partial charge in [-0.25, -0.2) is 0 Å². The zero-order chi connectivity index (χ0) is 12.8. The van der Waals surface area contributed by atoms with Crippen LogP contribution in [0, 0.1) is 5.41 Å². The van der Waals surface area contributed by atoms with E-state index in [1.807, 2.05) is 6.08 Å². The Morgan fingerprint density at radius 2 is 1.81 bits per heavy atom. The smallest absolute Gasteiger partial charge is 0.0487 e. The Morgan fingerprint density at radius 1 is 1.25 bits per heavy atom. The fraction of sp³-hybridized carbons (Fsp3) is 0.667. The molecule has 16 heavy (non-hydrogen) atoms. The van der Waals surface area contributed by atoms with Crippen LogP contribution in [0.25, 0.3) is 0 Å². The van der Waals surface area contributed by atoms with Gasteiger partial charge in [0.15, 0.2) is 0 Å². The van der Waals surface area contributed by atoms with Gasteiger partial charge in [0.2, 0.25) is 0 Å². The first kappa shape index (κ1) is 15.2. The maximum Gasteiger partial charge on any atom is 0.0487 e. The Bertz CT molecular complexity index is 287. The second-order valence-electron chi connectivity index (χ2n) is 5.28. The molecule has 92 valence electrons. The van der Waals surface area contributed by atoms with Crippen molar-refractivity contribution in [3.63, 3.8) is 0 Å². The van der Waals surface area contributed by atoms with E-state index in [0.29, 0.717) is 0 Å². The minimum absolute atomic E-state index is 0.0924. The normalized spacial score (nSPS) is 14.8. The molecular formula is C15H27N. The zero-order valence-corrected chi connectivity index (χ0v) is 11.9. The van der Waals surface area contributed by atoms with Gasteiger partial charge in [0.25, 0.3) is 0 Å². The Morgan fingerprint density at radius 3 is 2.12 bits per heavy atom. The number of hydrogen-bond acceptors (Lipinski definition) is 1. The highest BCUT2D eigenvalue weighted by Crippen LogP contribution is 2.31. The van der Waals surface area contributed by atoms with Crippen molar-refractivity contribution in [3.05, 3.63) is 23.9 Å². The summed E-state index contributed by atoms with van der Waals surface area (Å²) in [5.41, 5.74) is 3.78. The van der Waals surface area contributed by atoms with Crippen molar-refractivity contribution in [2.24, 2.45) is 10.4 Å². The van der Waals surface area contributed by atoms with Gasteiger partial charge in [-0.2, -0.15) is 0 Å². The van der Waals surface area contributed by atoms with Crippen molar-refractivity contribution < 1.29 is 0 Å². The third kappa shape index (κ3) is 4.78.